The Morgan fingerprint density at radius 1 is 1.12 bits per heavy atom. The fourth-order valence-electron chi connectivity index (χ4n) is 1.93. The number of sulfonamides is 1. The average Bonchev–Trinajstić information content (AvgIpc) is 2.56. The van der Waals surface area contributed by atoms with E-state index in [1.54, 1.807) is 12.1 Å². The van der Waals surface area contributed by atoms with Crippen LogP contribution in [0.5, 0.6) is 5.75 Å². The fourth-order valence-corrected chi connectivity index (χ4v) is 2.59. The summed E-state index contributed by atoms with van der Waals surface area (Å²) in [7, 11) is -3.54. The molecule has 2 rings (SSSR count). The van der Waals surface area contributed by atoms with Crippen LogP contribution in [0.15, 0.2) is 48.5 Å². The molecule has 2 N–H and O–H groups in total. The first kappa shape index (κ1) is 18.7. The van der Waals surface area contributed by atoms with Crippen LogP contribution in [0, 0.1) is 0 Å². The van der Waals surface area contributed by atoms with Gasteiger partial charge >= 0.3 is 6.61 Å². The molecule has 0 fully saturated rings. The lowest BCUT2D eigenvalue weighted by Crippen LogP contribution is -2.19. The third-order valence-electron chi connectivity index (χ3n) is 3.15. The topological polar surface area (TPSA) is 84.5 Å². The second-order valence-corrected chi connectivity index (χ2v) is 6.92. The van der Waals surface area contributed by atoms with Crippen molar-refractivity contribution in [3.05, 3.63) is 54.1 Å². The zero-order valence-electron chi connectivity index (χ0n) is 13.2. The standard InChI is InChI=1S/C16H16F2N2O4S/c1-2-25(22,23)20-14-6-4-3-5-13(14)15(21)19-11-7-9-12(10-8-11)24-16(17)18/h3-10,16,20H,2H2,1H3,(H,19,21). The van der Waals surface area contributed by atoms with Crippen LogP contribution in [-0.4, -0.2) is 26.7 Å². The molecular weight excluding hydrogens is 354 g/mol. The molecule has 134 valence electrons. The molecule has 2 aromatic rings. The molecule has 0 aromatic heterocycles. The van der Waals surface area contributed by atoms with Gasteiger partial charge in [0.2, 0.25) is 10.0 Å². The fraction of sp³-hybridized carbons (Fsp3) is 0.188. The Labute approximate surface area is 143 Å². The number of nitrogens with one attached hydrogen (secondary N) is 2. The van der Waals surface area contributed by atoms with E-state index in [9.17, 15) is 22.0 Å². The van der Waals surface area contributed by atoms with Gasteiger partial charge in [0, 0.05) is 5.69 Å². The summed E-state index contributed by atoms with van der Waals surface area (Å²) in [6.07, 6.45) is 0. The predicted molar refractivity (Wildman–Crippen MR) is 90.6 cm³/mol. The number of hydrogen-bond acceptors (Lipinski definition) is 4. The number of ether oxygens (including phenoxy) is 1. The second-order valence-electron chi connectivity index (χ2n) is 4.91. The van der Waals surface area contributed by atoms with Crippen LogP contribution >= 0.6 is 0 Å². The van der Waals surface area contributed by atoms with Gasteiger partial charge in [0.25, 0.3) is 5.91 Å². The highest BCUT2D eigenvalue weighted by atomic mass is 32.2. The summed E-state index contributed by atoms with van der Waals surface area (Å²) in [5.74, 6) is -0.713. The van der Waals surface area contributed by atoms with Crippen LogP contribution in [0.1, 0.15) is 17.3 Å². The van der Waals surface area contributed by atoms with E-state index in [2.05, 4.69) is 14.8 Å². The number of hydrogen-bond donors (Lipinski definition) is 2. The maximum atomic E-state index is 12.4. The Bertz CT molecular complexity index is 839. The van der Waals surface area contributed by atoms with Crippen LogP contribution in [0.2, 0.25) is 0 Å². The number of alkyl halides is 2. The van der Waals surface area contributed by atoms with E-state index < -0.39 is 22.5 Å². The predicted octanol–water partition coefficient (Wildman–Crippen LogP) is 3.30. The molecule has 0 aliphatic rings. The van der Waals surface area contributed by atoms with Crippen LogP contribution < -0.4 is 14.8 Å². The van der Waals surface area contributed by atoms with Gasteiger partial charge in [-0.2, -0.15) is 8.78 Å². The van der Waals surface area contributed by atoms with E-state index in [4.69, 9.17) is 0 Å². The number of carbonyl (C=O) groups excluding carboxylic acids is 1. The van der Waals surface area contributed by atoms with Crippen LogP contribution in [-0.2, 0) is 10.0 Å². The first-order chi connectivity index (χ1) is 11.8. The quantitative estimate of drug-likeness (QED) is 0.783. The van der Waals surface area contributed by atoms with Crippen LogP contribution in [0.25, 0.3) is 0 Å². The number of amides is 1. The van der Waals surface area contributed by atoms with Crippen molar-refractivity contribution < 1.29 is 26.7 Å². The number of anilines is 2. The van der Waals surface area contributed by atoms with Gasteiger partial charge < -0.3 is 10.1 Å². The number of rotatable bonds is 7. The van der Waals surface area contributed by atoms with Crippen molar-refractivity contribution in [1.82, 2.24) is 0 Å². The molecule has 0 aliphatic heterocycles. The molecular formula is C16H16F2N2O4S. The molecule has 0 saturated heterocycles. The van der Waals surface area contributed by atoms with Crippen LogP contribution in [0.4, 0.5) is 20.2 Å². The molecule has 0 atom stereocenters. The van der Waals surface area contributed by atoms with Crippen molar-refractivity contribution in [2.75, 3.05) is 15.8 Å². The van der Waals surface area contributed by atoms with E-state index in [1.165, 1.54) is 43.3 Å². The van der Waals surface area contributed by atoms with Crippen molar-refractivity contribution in [2.45, 2.75) is 13.5 Å². The largest absolute Gasteiger partial charge is 0.435 e. The second kappa shape index (κ2) is 7.93. The third kappa shape index (κ3) is 5.42. The highest BCUT2D eigenvalue weighted by molar-refractivity contribution is 7.92. The highest BCUT2D eigenvalue weighted by Crippen LogP contribution is 2.21. The Balaban J connectivity index is 2.16. The Hall–Kier alpha value is -2.68. The van der Waals surface area contributed by atoms with Gasteiger partial charge in [-0.15, -0.1) is 0 Å². The summed E-state index contributed by atoms with van der Waals surface area (Å²) in [5, 5.41) is 2.57. The van der Waals surface area contributed by atoms with Gasteiger partial charge in [-0.25, -0.2) is 8.42 Å². The number of para-hydroxylation sites is 1. The lowest BCUT2D eigenvalue weighted by Gasteiger charge is -2.12. The van der Waals surface area contributed by atoms with Crippen molar-refractivity contribution in [3.63, 3.8) is 0 Å². The Kier molecular flexibility index (Phi) is 5.92. The van der Waals surface area contributed by atoms with E-state index in [0.717, 1.165) is 0 Å². The first-order valence-corrected chi connectivity index (χ1v) is 8.91. The van der Waals surface area contributed by atoms with Gasteiger partial charge in [0.05, 0.1) is 17.0 Å². The molecule has 0 unspecified atom stereocenters. The lowest BCUT2D eigenvalue weighted by molar-refractivity contribution is -0.0498. The molecule has 9 heteroatoms. The monoisotopic (exact) mass is 370 g/mol. The SMILES string of the molecule is CCS(=O)(=O)Nc1ccccc1C(=O)Nc1ccc(OC(F)F)cc1. The number of benzene rings is 2. The summed E-state index contributed by atoms with van der Waals surface area (Å²) in [6, 6.07) is 11.5. The van der Waals surface area contributed by atoms with Gasteiger partial charge in [-0.3, -0.25) is 9.52 Å². The van der Waals surface area contributed by atoms with Crippen molar-refractivity contribution in [1.29, 1.82) is 0 Å². The molecule has 0 spiro atoms. The Morgan fingerprint density at radius 2 is 1.76 bits per heavy atom. The normalized spacial score (nSPS) is 11.2. The molecule has 25 heavy (non-hydrogen) atoms. The number of halogens is 2. The summed E-state index contributed by atoms with van der Waals surface area (Å²) < 4.78 is 54.2. The molecule has 0 heterocycles. The Morgan fingerprint density at radius 3 is 2.36 bits per heavy atom. The molecule has 0 radical (unpaired) electrons. The van der Waals surface area contributed by atoms with Gasteiger partial charge in [0.1, 0.15) is 5.75 Å². The lowest BCUT2D eigenvalue weighted by atomic mass is 10.1. The zero-order valence-corrected chi connectivity index (χ0v) is 14.0. The first-order valence-electron chi connectivity index (χ1n) is 7.26. The van der Waals surface area contributed by atoms with E-state index in [0.29, 0.717) is 5.69 Å². The van der Waals surface area contributed by atoms with E-state index in [-0.39, 0.29) is 22.8 Å². The summed E-state index contributed by atoms with van der Waals surface area (Å²) in [5.41, 5.74) is 0.631. The molecule has 6 nitrogen and oxygen atoms in total. The van der Waals surface area contributed by atoms with Crippen LogP contribution in [0.3, 0.4) is 0 Å². The highest BCUT2D eigenvalue weighted by Gasteiger charge is 2.15. The molecule has 2 aromatic carbocycles. The summed E-state index contributed by atoms with van der Waals surface area (Å²) >= 11 is 0. The minimum Gasteiger partial charge on any atom is -0.435 e. The minimum atomic E-state index is -3.54. The maximum absolute atomic E-state index is 12.4. The van der Waals surface area contributed by atoms with E-state index >= 15 is 0 Å². The van der Waals surface area contributed by atoms with Gasteiger partial charge in [0.15, 0.2) is 0 Å². The maximum Gasteiger partial charge on any atom is 0.387 e. The smallest absolute Gasteiger partial charge is 0.387 e. The van der Waals surface area contributed by atoms with E-state index in [1.807, 2.05) is 0 Å². The van der Waals surface area contributed by atoms with Crippen molar-refractivity contribution in [2.24, 2.45) is 0 Å². The summed E-state index contributed by atoms with van der Waals surface area (Å²) in [4.78, 5) is 12.4. The number of carbonyl (C=O) groups is 1. The molecule has 0 aliphatic carbocycles. The molecule has 1 amide bonds. The minimum absolute atomic E-state index is 0.0379. The van der Waals surface area contributed by atoms with Gasteiger partial charge in [-0.05, 0) is 43.3 Å². The molecule has 0 bridgehead atoms. The van der Waals surface area contributed by atoms with Crippen molar-refractivity contribution >= 4 is 27.3 Å². The summed E-state index contributed by atoms with van der Waals surface area (Å²) in [6.45, 7) is -1.45. The van der Waals surface area contributed by atoms with Crippen molar-refractivity contribution in [3.8, 4) is 5.75 Å². The average molecular weight is 370 g/mol. The molecule has 0 saturated carbocycles. The zero-order chi connectivity index (χ0) is 18.4. The third-order valence-corrected chi connectivity index (χ3v) is 4.45. The van der Waals surface area contributed by atoms with Gasteiger partial charge in [-0.1, -0.05) is 12.1 Å².